The zero-order valence-corrected chi connectivity index (χ0v) is 19.8. The van der Waals surface area contributed by atoms with Crippen molar-refractivity contribution >= 4 is 29.1 Å². The van der Waals surface area contributed by atoms with Crippen LogP contribution in [0, 0.1) is 11.3 Å². The molecule has 2 unspecified atom stereocenters. The van der Waals surface area contributed by atoms with Gasteiger partial charge in [0.1, 0.15) is 31.1 Å². The van der Waals surface area contributed by atoms with E-state index in [-0.39, 0.29) is 36.9 Å². The third kappa shape index (κ3) is 7.96. The lowest BCUT2D eigenvalue weighted by Gasteiger charge is -2.26. The highest BCUT2D eigenvalue weighted by atomic mass is 35.5. The predicted octanol–water partition coefficient (Wildman–Crippen LogP) is 4.69. The number of aromatic nitrogens is 2. The molecule has 1 saturated heterocycles. The highest BCUT2D eigenvalue weighted by Crippen LogP contribution is 2.29. The SMILES string of the molecule is C=CCOc1nc(NC(=O)Nc2cc(Cl)ccc2OCC(C=C)OC2CCCCO2)cnc1C#N. The van der Waals surface area contributed by atoms with Crippen molar-refractivity contribution in [3.63, 3.8) is 0 Å². The Morgan fingerprint density at radius 1 is 1.34 bits per heavy atom. The molecule has 0 spiro atoms. The number of urea groups is 1. The van der Waals surface area contributed by atoms with Crippen LogP contribution < -0.4 is 20.1 Å². The molecule has 10 nitrogen and oxygen atoms in total. The fourth-order valence-electron chi connectivity index (χ4n) is 3.09. The summed E-state index contributed by atoms with van der Waals surface area (Å²) in [6, 6.07) is 6.08. The molecule has 3 rings (SSSR count). The number of hydrogen-bond acceptors (Lipinski definition) is 8. The maximum atomic E-state index is 12.6. The maximum Gasteiger partial charge on any atom is 0.325 e. The van der Waals surface area contributed by atoms with Crippen molar-refractivity contribution in [2.45, 2.75) is 31.7 Å². The number of rotatable bonds is 11. The second kappa shape index (κ2) is 13.3. The zero-order valence-electron chi connectivity index (χ0n) is 19.0. The molecule has 1 aliphatic rings. The number of ether oxygens (including phenoxy) is 4. The highest BCUT2D eigenvalue weighted by Gasteiger charge is 2.19. The van der Waals surface area contributed by atoms with Gasteiger partial charge in [-0.2, -0.15) is 10.2 Å². The number of nitriles is 1. The first kappa shape index (κ1) is 26.0. The van der Waals surface area contributed by atoms with Crippen molar-refractivity contribution in [2.75, 3.05) is 30.5 Å². The van der Waals surface area contributed by atoms with Crippen LogP contribution in [0.4, 0.5) is 16.3 Å². The Morgan fingerprint density at radius 2 is 2.20 bits per heavy atom. The molecule has 0 radical (unpaired) electrons. The quantitative estimate of drug-likeness (QED) is 0.426. The first-order valence-corrected chi connectivity index (χ1v) is 11.3. The van der Waals surface area contributed by atoms with E-state index >= 15 is 0 Å². The van der Waals surface area contributed by atoms with E-state index in [9.17, 15) is 4.79 Å². The van der Waals surface area contributed by atoms with E-state index in [0.29, 0.717) is 23.1 Å². The normalized spacial score (nSPS) is 15.8. The standard InChI is InChI=1S/C24H26ClN5O5/c1-3-10-33-23-19(13-26)27-14-21(29-23)30-24(31)28-18-12-16(25)8-9-20(18)34-15-17(4-2)35-22-7-5-6-11-32-22/h3-4,8-9,12,14,17,22H,1-2,5-7,10-11,15H2,(H2,28,29,30,31). The number of benzene rings is 1. The van der Waals surface area contributed by atoms with Crippen LogP contribution in [0.5, 0.6) is 11.6 Å². The Bertz CT molecular complexity index is 1080. The molecule has 2 heterocycles. The molecule has 11 heteroatoms. The number of nitrogens with zero attached hydrogens (tertiary/aromatic N) is 3. The molecule has 0 bridgehead atoms. The average molecular weight is 500 g/mol. The topological polar surface area (TPSA) is 128 Å². The Kier molecular flexibility index (Phi) is 9.86. The van der Waals surface area contributed by atoms with Crippen LogP contribution in [0.3, 0.4) is 0 Å². The van der Waals surface area contributed by atoms with Gasteiger partial charge in [0, 0.05) is 11.6 Å². The van der Waals surface area contributed by atoms with Crippen LogP contribution in [-0.4, -0.2) is 48.2 Å². The van der Waals surface area contributed by atoms with Crippen molar-refractivity contribution in [1.82, 2.24) is 9.97 Å². The van der Waals surface area contributed by atoms with Crippen LogP contribution in [-0.2, 0) is 9.47 Å². The maximum absolute atomic E-state index is 12.6. The minimum absolute atomic E-state index is 0.0130. The molecule has 1 fully saturated rings. The Balaban J connectivity index is 1.64. The predicted molar refractivity (Wildman–Crippen MR) is 131 cm³/mol. The van der Waals surface area contributed by atoms with Crippen molar-refractivity contribution in [3.05, 3.63) is 60.4 Å². The number of carbonyl (C=O) groups is 1. The Morgan fingerprint density at radius 3 is 2.91 bits per heavy atom. The third-order valence-corrected chi connectivity index (χ3v) is 4.98. The number of anilines is 2. The largest absolute Gasteiger partial charge is 0.488 e. The van der Waals surface area contributed by atoms with E-state index in [1.807, 2.05) is 6.07 Å². The number of amides is 2. The minimum Gasteiger partial charge on any atom is -0.488 e. The van der Waals surface area contributed by atoms with E-state index in [2.05, 4.69) is 33.8 Å². The summed E-state index contributed by atoms with van der Waals surface area (Å²) in [7, 11) is 0. The molecule has 2 aromatic rings. The van der Waals surface area contributed by atoms with Gasteiger partial charge in [-0.1, -0.05) is 30.3 Å². The van der Waals surface area contributed by atoms with E-state index in [1.165, 1.54) is 12.3 Å². The number of hydrogen-bond donors (Lipinski definition) is 2. The van der Waals surface area contributed by atoms with Crippen molar-refractivity contribution in [1.29, 1.82) is 5.26 Å². The molecule has 184 valence electrons. The van der Waals surface area contributed by atoms with E-state index in [1.54, 1.807) is 24.3 Å². The zero-order chi connectivity index (χ0) is 25.0. The van der Waals surface area contributed by atoms with Gasteiger partial charge < -0.3 is 24.3 Å². The number of halogens is 1. The Hall–Kier alpha value is -3.65. The van der Waals surface area contributed by atoms with Gasteiger partial charge in [-0.25, -0.2) is 9.78 Å². The van der Waals surface area contributed by atoms with E-state index in [0.717, 1.165) is 19.3 Å². The van der Waals surface area contributed by atoms with Gasteiger partial charge in [-0.3, -0.25) is 5.32 Å². The minimum atomic E-state index is -0.627. The summed E-state index contributed by atoms with van der Waals surface area (Å²) in [4.78, 5) is 20.7. The highest BCUT2D eigenvalue weighted by molar-refractivity contribution is 6.31. The van der Waals surface area contributed by atoms with Crippen LogP contribution in [0.2, 0.25) is 5.02 Å². The van der Waals surface area contributed by atoms with Crippen LogP contribution in [0.25, 0.3) is 0 Å². The summed E-state index contributed by atoms with van der Waals surface area (Å²) in [5.41, 5.74) is 0.317. The van der Waals surface area contributed by atoms with E-state index < -0.39 is 12.1 Å². The molecule has 2 amide bonds. The fourth-order valence-corrected chi connectivity index (χ4v) is 3.26. The lowest BCUT2D eigenvalue weighted by atomic mass is 10.2. The van der Waals surface area contributed by atoms with Gasteiger partial charge in [0.05, 0.1) is 11.9 Å². The smallest absolute Gasteiger partial charge is 0.325 e. The molecule has 1 aromatic carbocycles. The molecule has 2 N–H and O–H groups in total. The molecule has 1 aromatic heterocycles. The molecule has 0 saturated carbocycles. The lowest BCUT2D eigenvalue weighted by molar-refractivity contribution is -0.182. The number of nitrogens with one attached hydrogen (secondary N) is 2. The van der Waals surface area contributed by atoms with Crippen molar-refractivity contribution in [3.8, 4) is 17.7 Å². The second-order valence-corrected chi connectivity index (χ2v) is 7.79. The van der Waals surface area contributed by atoms with Crippen molar-refractivity contribution < 1.29 is 23.7 Å². The summed E-state index contributed by atoms with van der Waals surface area (Å²) in [5.74, 6) is 0.442. The fraction of sp³-hybridized carbons (Fsp3) is 0.333. The van der Waals surface area contributed by atoms with Gasteiger partial charge in [-0.05, 0) is 37.5 Å². The van der Waals surface area contributed by atoms with Gasteiger partial charge in [-0.15, -0.1) is 6.58 Å². The Labute approximate surface area is 208 Å². The molecular formula is C24H26ClN5O5. The first-order valence-electron chi connectivity index (χ1n) is 10.9. The first-order chi connectivity index (χ1) is 17.0. The molecule has 1 aliphatic heterocycles. The summed E-state index contributed by atoms with van der Waals surface area (Å²) in [6.07, 6.45) is 6.57. The van der Waals surface area contributed by atoms with Gasteiger partial charge in [0.15, 0.2) is 12.1 Å². The van der Waals surface area contributed by atoms with Crippen LogP contribution in [0.1, 0.15) is 25.0 Å². The molecule has 2 atom stereocenters. The van der Waals surface area contributed by atoms with Crippen LogP contribution >= 0.6 is 11.6 Å². The second-order valence-electron chi connectivity index (χ2n) is 7.36. The summed E-state index contributed by atoms with van der Waals surface area (Å²) in [5, 5.41) is 14.7. The van der Waals surface area contributed by atoms with Crippen molar-refractivity contribution in [2.24, 2.45) is 0 Å². The van der Waals surface area contributed by atoms with Crippen LogP contribution in [0.15, 0.2) is 49.7 Å². The molecule has 35 heavy (non-hydrogen) atoms. The van der Waals surface area contributed by atoms with E-state index in [4.69, 9.17) is 35.8 Å². The summed E-state index contributed by atoms with van der Waals surface area (Å²) in [6.45, 7) is 8.30. The monoisotopic (exact) mass is 499 g/mol. The third-order valence-electron chi connectivity index (χ3n) is 4.75. The average Bonchev–Trinajstić information content (AvgIpc) is 2.86. The molecule has 0 aliphatic carbocycles. The van der Waals surface area contributed by atoms with Gasteiger partial charge >= 0.3 is 6.03 Å². The van der Waals surface area contributed by atoms with Gasteiger partial charge in [0.25, 0.3) is 5.88 Å². The lowest BCUT2D eigenvalue weighted by Crippen LogP contribution is -2.30. The summed E-state index contributed by atoms with van der Waals surface area (Å²) < 4.78 is 22.7. The molecular weight excluding hydrogens is 474 g/mol. The van der Waals surface area contributed by atoms with Gasteiger partial charge in [0.2, 0.25) is 5.69 Å². The number of carbonyl (C=O) groups excluding carboxylic acids is 1. The summed E-state index contributed by atoms with van der Waals surface area (Å²) >= 11 is 6.12.